The average Bonchev–Trinajstić information content (AvgIpc) is 2.23. The number of nitrogens with one attached hydrogen (secondary N) is 1. The summed E-state index contributed by atoms with van der Waals surface area (Å²) < 4.78 is 5.14. The highest BCUT2D eigenvalue weighted by Gasteiger charge is 2.43. The Morgan fingerprint density at radius 2 is 2.33 bits per heavy atom. The van der Waals surface area contributed by atoms with Crippen molar-refractivity contribution in [2.75, 3.05) is 27.2 Å². The summed E-state index contributed by atoms with van der Waals surface area (Å²) in [7, 11) is 3.93. The molecule has 0 aromatic heterocycles. The fourth-order valence-electron chi connectivity index (χ4n) is 2.13. The van der Waals surface area contributed by atoms with Crippen LogP contribution in [0.15, 0.2) is 0 Å². The molecule has 0 aliphatic carbocycles. The van der Waals surface area contributed by atoms with E-state index < -0.39 is 5.54 Å². The van der Waals surface area contributed by atoms with Gasteiger partial charge in [-0.15, -0.1) is 0 Å². The number of carbonyl (C=O) groups excluding carboxylic acids is 1. The molecular weight excluding hydrogens is 192 g/mol. The summed E-state index contributed by atoms with van der Waals surface area (Å²) >= 11 is 0. The third-order valence-corrected chi connectivity index (χ3v) is 3.43. The van der Waals surface area contributed by atoms with Crippen molar-refractivity contribution in [3.63, 3.8) is 0 Å². The van der Waals surface area contributed by atoms with E-state index in [1.165, 1.54) is 0 Å². The van der Waals surface area contributed by atoms with Crippen LogP contribution in [-0.2, 0) is 9.53 Å². The van der Waals surface area contributed by atoms with E-state index in [1.54, 1.807) is 0 Å². The fraction of sp³-hybridized carbons (Fsp3) is 0.909. The molecule has 1 N–H and O–H groups in total. The van der Waals surface area contributed by atoms with Gasteiger partial charge in [0.15, 0.2) is 0 Å². The van der Waals surface area contributed by atoms with Gasteiger partial charge in [-0.3, -0.25) is 4.79 Å². The molecule has 1 saturated heterocycles. The minimum absolute atomic E-state index is 0.104. The fourth-order valence-corrected chi connectivity index (χ4v) is 2.13. The number of likely N-dealkylation sites (tertiary alicyclic amines) is 1. The van der Waals surface area contributed by atoms with Crippen molar-refractivity contribution in [3.05, 3.63) is 0 Å². The molecule has 1 aliphatic rings. The largest absolute Gasteiger partial charge is 0.465 e. The second-order valence-electron chi connectivity index (χ2n) is 4.34. The quantitative estimate of drug-likeness (QED) is 0.699. The van der Waals surface area contributed by atoms with Crippen molar-refractivity contribution in [1.82, 2.24) is 10.2 Å². The number of nitrogens with zero attached hydrogens (tertiary/aromatic N) is 1. The summed E-state index contributed by atoms with van der Waals surface area (Å²) in [6.45, 7) is 5.37. The molecule has 0 radical (unpaired) electrons. The molecule has 88 valence electrons. The van der Waals surface area contributed by atoms with Gasteiger partial charge < -0.3 is 15.0 Å². The van der Waals surface area contributed by atoms with Gasteiger partial charge in [0.25, 0.3) is 0 Å². The van der Waals surface area contributed by atoms with Gasteiger partial charge in [0.2, 0.25) is 0 Å². The maximum Gasteiger partial charge on any atom is 0.326 e. The van der Waals surface area contributed by atoms with Crippen LogP contribution in [0.5, 0.6) is 0 Å². The van der Waals surface area contributed by atoms with Crippen molar-refractivity contribution in [2.45, 2.75) is 38.3 Å². The molecule has 1 heterocycles. The number of piperidine rings is 1. The number of carbonyl (C=O) groups is 1. The third-order valence-electron chi connectivity index (χ3n) is 3.43. The first kappa shape index (κ1) is 12.5. The summed E-state index contributed by atoms with van der Waals surface area (Å²) in [4.78, 5) is 14.2. The Kier molecular flexibility index (Phi) is 4.11. The van der Waals surface area contributed by atoms with Gasteiger partial charge in [-0.25, -0.2) is 0 Å². The number of esters is 1. The normalized spacial score (nSPS) is 32.7. The van der Waals surface area contributed by atoms with E-state index in [1.807, 2.05) is 14.0 Å². The predicted octanol–water partition coefficient (Wildman–Crippen LogP) is 0.622. The molecule has 0 aromatic rings. The van der Waals surface area contributed by atoms with Crippen LogP contribution in [0, 0.1) is 0 Å². The average molecular weight is 214 g/mol. The lowest BCUT2D eigenvalue weighted by atomic mass is 9.84. The zero-order valence-corrected chi connectivity index (χ0v) is 10.2. The summed E-state index contributed by atoms with van der Waals surface area (Å²) in [5, 5.41) is 3.15. The maximum absolute atomic E-state index is 11.9. The van der Waals surface area contributed by atoms with Crippen LogP contribution in [0.1, 0.15) is 26.7 Å². The van der Waals surface area contributed by atoms with Crippen LogP contribution in [-0.4, -0.2) is 49.7 Å². The second kappa shape index (κ2) is 4.94. The van der Waals surface area contributed by atoms with Crippen LogP contribution in [0.2, 0.25) is 0 Å². The van der Waals surface area contributed by atoms with E-state index in [2.05, 4.69) is 24.2 Å². The van der Waals surface area contributed by atoms with E-state index in [9.17, 15) is 4.79 Å². The summed E-state index contributed by atoms with van der Waals surface area (Å²) in [6.07, 6.45) is 1.64. The van der Waals surface area contributed by atoms with Gasteiger partial charge in [0.1, 0.15) is 5.54 Å². The van der Waals surface area contributed by atoms with Crippen molar-refractivity contribution in [1.29, 1.82) is 0 Å². The Balaban J connectivity index is 2.73. The molecule has 2 unspecified atom stereocenters. The molecule has 1 aliphatic heterocycles. The van der Waals surface area contributed by atoms with Gasteiger partial charge in [0, 0.05) is 12.6 Å². The standard InChI is InChI=1S/C11H22N2O2/c1-5-15-10(14)11(12-3)6-7-13(4)9(2)8-11/h9,12H,5-8H2,1-4H3. The monoisotopic (exact) mass is 214 g/mol. The SMILES string of the molecule is CCOC(=O)C1(NC)CCN(C)C(C)C1. The Hall–Kier alpha value is -0.610. The minimum atomic E-state index is -0.470. The first-order valence-corrected chi connectivity index (χ1v) is 5.62. The highest BCUT2D eigenvalue weighted by molar-refractivity contribution is 5.81. The van der Waals surface area contributed by atoms with Crippen LogP contribution in [0.3, 0.4) is 0 Å². The lowest BCUT2D eigenvalue weighted by molar-refractivity contribution is -0.154. The molecule has 15 heavy (non-hydrogen) atoms. The van der Waals surface area contributed by atoms with Gasteiger partial charge in [-0.2, -0.15) is 0 Å². The van der Waals surface area contributed by atoms with Gasteiger partial charge >= 0.3 is 5.97 Å². The van der Waals surface area contributed by atoms with Crippen molar-refractivity contribution in [3.8, 4) is 0 Å². The molecule has 0 amide bonds. The number of likely N-dealkylation sites (N-methyl/N-ethyl adjacent to an activating group) is 1. The first-order chi connectivity index (χ1) is 7.05. The van der Waals surface area contributed by atoms with Crippen molar-refractivity contribution < 1.29 is 9.53 Å². The number of hydrogen-bond donors (Lipinski definition) is 1. The molecule has 0 saturated carbocycles. The van der Waals surface area contributed by atoms with Gasteiger partial charge in [-0.1, -0.05) is 0 Å². The van der Waals surface area contributed by atoms with Crippen molar-refractivity contribution >= 4 is 5.97 Å². The molecular formula is C11H22N2O2. The van der Waals surface area contributed by atoms with E-state index in [0.717, 1.165) is 19.4 Å². The number of rotatable bonds is 3. The molecule has 0 spiro atoms. The third kappa shape index (κ3) is 2.49. The first-order valence-electron chi connectivity index (χ1n) is 5.62. The Morgan fingerprint density at radius 1 is 1.67 bits per heavy atom. The summed E-state index contributed by atoms with van der Waals surface area (Å²) in [5.74, 6) is -0.104. The van der Waals surface area contributed by atoms with Crippen LogP contribution in [0.25, 0.3) is 0 Å². The molecule has 1 rings (SSSR count). The zero-order chi connectivity index (χ0) is 11.5. The Morgan fingerprint density at radius 3 is 2.80 bits per heavy atom. The van der Waals surface area contributed by atoms with E-state index >= 15 is 0 Å². The molecule has 1 fully saturated rings. The highest BCUT2D eigenvalue weighted by Crippen LogP contribution is 2.26. The predicted molar refractivity (Wildman–Crippen MR) is 59.7 cm³/mol. The smallest absolute Gasteiger partial charge is 0.326 e. The number of ether oxygens (including phenoxy) is 1. The van der Waals surface area contributed by atoms with Crippen molar-refractivity contribution in [2.24, 2.45) is 0 Å². The molecule has 4 nitrogen and oxygen atoms in total. The maximum atomic E-state index is 11.9. The van der Waals surface area contributed by atoms with Crippen LogP contribution in [0.4, 0.5) is 0 Å². The topological polar surface area (TPSA) is 41.6 Å². The summed E-state index contributed by atoms with van der Waals surface area (Å²) in [5.41, 5.74) is -0.470. The minimum Gasteiger partial charge on any atom is -0.465 e. The summed E-state index contributed by atoms with van der Waals surface area (Å²) in [6, 6.07) is 0.413. The molecule has 0 aromatic carbocycles. The second-order valence-corrected chi connectivity index (χ2v) is 4.34. The lowest BCUT2D eigenvalue weighted by Gasteiger charge is -2.42. The lowest BCUT2D eigenvalue weighted by Crippen LogP contribution is -2.59. The van der Waals surface area contributed by atoms with Gasteiger partial charge in [-0.05, 0) is 40.8 Å². The van der Waals surface area contributed by atoms with E-state index in [-0.39, 0.29) is 5.97 Å². The van der Waals surface area contributed by atoms with E-state index in [4.69, 9.17) is 4.74 Å². The Labute approximate surface area is 92.0 Å². The van der Waals surface area contributed by atoms with Gasteiger partial charge in [0.05, 0.1) is 6.61 Å². The Bertz CT molecular complexity index is 233. The van der Waals surface area contributed by atoms with Crippen LogP contribution >= 0.6 is 0 Å². The molecule has 0 bridgehead atoms. The number of hydrogen-bond acceptors (Lipinski definition) is 4. The molecule has 4 heteroatoms. The van der Waals surface area contributed by atoms with E-state index in [0.29, 0.717) is 12.6 Å². The van der Waals surface area contributed by atoms with Crippen LogP contribution < -0.4 is 5.32 Å². The zero-order valence-electron chi connectivity index (χ0n) is 10.2. The highest BCUT2D eigenvalue weighted by atomic mass is 16.5. The molecule has 2 atom stereocenters.